The van der Waals surface area contributed by atoms with E-state index in [1.807, 2.05) is 13.8 Å². The second-order valence-corrected chi connectivity index (χ2v) is 8.61. The molecule has 0 fully saturated rings. The van der Waals surface area contributed by atoms with Gasteiger partial charge in [-0.25, -0.2) is 13.4 Å². The number of rotatable bonds is 3. The number of hydrogen-bond acceptors (Lipinski definition) is 5. The summed E-state index contributed by atoms with van der Waals surface area (Å²) in [5.41, 5.74) is 6.93. The Morgan fingerprint density at radius 2 is 1.80 bits per heavy atom. The van der Waals surface area contributed by atoms with E-state index in [-0.39, 0.29) is 4.90 Å². The predicted octanol–water partition coefficient (Wildman–Crippen LogP) is 3.67. The van der Waals surface area contributed by atoms with Crippen molar-refractivity contribution >= 4 is 64.0 Å². The normalized spacial score (nSPS) is 11.6. The van der Waals surface area contributed by atoms with E-state index >= 15 is 0 Å². The molecule has 1 aromatic carbocycles. The van der Waals surface area contributed by atoms with Crippen molar-refractivity contribution in [2.24, 2.45) is 0 Å². The fraction of sp³-hybridized carbons (Fsp3) is 0.182. The second kappa shape index (κ2) is 5.63. The molecular weight excluding hydrogens is 430 g/mol. The zero-order chi connectivity index (χ0) is 15.1. The van der Waals surface area contributed by atoms with E-state index in [0.717, 1.165) is 10.6 Å². The van der Waals surface area contributed by atoms with Gasteiger partial charge in [0.2, 0.25) is 0 Å². The number of benzene rings is 1. The van der Waals surface area contributed by atoms with Crippen molar-refractivity contribution in [3.05, 3.63) is 31.6 Å². The summed E-state index contributed by atoms with van der Waals surface area (Å²) in [6.45, 7) is 3.72. The molecule has 1 heterocycles. The summed E-state index contributed by atoms with van der Waals surface area (Å²) in [4.78, 5) is 5.24. The molecule has 0 aliphatic carbocycles. The SMILES string of the molecule is Cc1nc(NS(=O)(=O)c2c(Br)cc(N)cc2Br)sc1C. The molecule has 0 unspecified atom stereocenters. The predicted molar refractivity (Wildman–Crippen MR) is 88.7 cm³/mol. The fourth-order valence-electron chi connectivity index (χ4n) is 1.52. The molecule has 9 heteroatoms. The minimum atomic E-state index is -3.75. The molecule has 2 aromatic rings. The lowest BCUT2D eigenvalue weighted by molar-refractivity contribution is 0.600. The van der Waals surface area contributed by atoms with Gasteiger partial charge in [0, 0.05) is 19.5 Å². The van der Waals surface area contributed by atoms with E-state index in [0.29, 0.717) is 19.8 Å². The number of nitrogen functional groups attached to an aromatic ring is 1. The van der Waals surface area contributed by atoms with Crippen molar-refractivity contribution in [3.8, 4) is 0 Å². The molecule has 20 heavy (non-hydrogen) atoms. The average molecular weight is 441 g/mol. The molecule has 0 saturated heterocycles. The largest absolute Gasteiger partial charge is 0.399 e. The van der Waals surface area contributed by atoms with Crippen LogP contribution in [-0.2, 0) is 10.0 Å². The van der Waals surface area contributed by atoms with Crippen LogP contribution in [0.25, 0.3) is 0 Å². The summed E-state index contributed by atoms with van der Waals surface area (Å²) in [6, 6.07) is 3.08. The van der Waals surface area contributed by atoms with Crippen molar-refractivity contribution in [3.63, 3.8) is 0 Å². The Morgan fingerprint density at radius 1 is 1.25 bits per heavy atom. The number of nitrogens with two attached hydrogens (primary N) is 1. The monoisotopic (exact) mass is 439 g/mol. The van der Waals surface area contributed by atoms with Crippen LogP contribution >= 0.6 is 43.2 Å². The van der Waals surface area contributed by atoms with Crippen molar-refractivity contribution in [1.29, 1.82) is 0 Å². The highest BCUT2D eigenvalue weighted by atomic mass is 79.9. The number of aryl methyl sites for hydroxylation is 2. The lowest BCUT2D eigenvalue weighted by Crippen LogP contribution is -2.14. The third kappa shape index (κ3) is 3.16. The number of sulfonamides is 1. The fourth-order valence-corrected chi connectivity index (χ4v) is 6.19. The molecule has 0 radical (unpaired) electrons. The number of halogens is 2. The van der Waals surface area contributed by atoms with Crippen LogP contribution in [0.4, 0.5) is 10.8 Å². The summed E-state index contributed by atoms with van der Waals surface area (Å²) in [5, 5.41) is 0.343. The van der Waals surface area contributed by atoms with Gasteiger partial charge in [-0.2, -0.15) is 0 Å². The maximum absolute atomic E-state index is 12.4. The van der Waals surface area contributed by atoms with E-state index < -0.39 is 10.0 Å². The van der Waals surface area contributed by atoms with Gasteiger partial charge in [0.15, 0.2) is 5.13 Å². The smallest absolute Gasteiger partial charge is 0.265 e. The maximum Gasteiger partial charge on any atom is 0.265 e. The number of hydrogen-bond donors (Lipinski definition) is 2. The molecule has 108 valence electrons. The number of anilines is 2. The molecule has 0 aliphatic rings. The first-order valence-corrected chi connectivity index (χ1v) is 9.30. The topological polar surface area (TPSA) is 85.1 Å². The Kier molecular flexibility index (Phi) is 4.43. The number of aromatic nitrogens is 1. The first kappa shape index (κ1) is 15.7. The first-order valence-electron chi connectivity index (χ1n) is 5.42. The van der Waals surface area contributed by atoms with Crippen LogP contribution in [0.1, 0.15) is 10.6 Å². The quantitative estimate of drug-likeness (QED) is 0.713. The Labute approximate surface area is 137 Å². The van der Waals surface area contributed by atoms with Crippen LogP contribution in [0.15, 0.2) is 26.0 Å². The van der Waals surface area contributed by atoms with Crippen LogP contribution in [-0.4, -0.2) is 13.4 Å². The van der Waals surface area contributed by atoms with Gasteiger partial charge in [0.25, 0.3) is 10.0 Å². The lowest BCUT2D eigenvalue weighted by Gasteiger charge is -2.10. The van der Waals surface area contributed by atoms with Gasteiger partial charge in [-0.15, -0.1) is 11.3 Å². The zero-order valence-electron chi connectivity index (χ0n) is 10.6. The molecule has 0 saturated carbocycles. The summed E-state index contributed by atoms with van der Waals surface area (Å²) >= 11 is 7.74. The van der Waals surface area contributed by atoms with Crippen molar-refractivity contribution in [1.82, 2.24) is 4.98 Å². The molecule has 1 aromatic heterocycles. The van der Waals surface area contributed by atoms with Gasteiger partial charge in [0.05, 0.1) is 5.69 Å². The molecule has 0 bridgehead atoms. The van der Waals surface area contributed by atoms with Crippen LogP contribution in [0.3, 0.4) is 0 Å². The highest BCUT2D eigenvalue weighted by Gasteiger charge is 2.23. The number of nitrogens with one attached hydrogen (secondary N) is 1. The Bertz CT molecular complexity index is 729. The van der Waals surface area contributed by atoms with Crippen LogP contribution in [0.2, 0.25) is 0 Å². The second-order valence-electron chi connectivity index (χ2n) is 4.08. The van der Waals surface area contributed by atoms with E-state index in [2.05, 4.69) is 41.6 Å². The maximum atomic E-state index is 12.4. The van der Waals surface area contributed by atoms with Crippen molar-refractivity contribution in [2.75, 3.05) is 10.5 Å². The minimum absolute atomic E-state index is 0.0946. The molecule has 0 amide bonds. The molecule has 2 rings (SSSR count). The minimum Gasteiger partial charge on any atom is -0.399 e. The van der Waals surface area contributed by atoms with E-state index in [9.17, 15) is 8.42 Å². The van der Waals surface area contributed by atoms with Crippen LogP contribution < -0.4 is 10.5 Å². The van der Waals surface area contributed by atoms with E-state index in [1.165, 1.54) is 23.5 Å². The highest BCUT2D eigenvalue weighted by molar-refractivity contribution is 9.11. The van der Waals surface area contributed by atoms with Gasteiger partial charge in [-0.3, -0.25) is 4.72 Å². The molecule has 0 atom stereocenters. The number of thiazole rings is 1. The van der Waals surface area contributed by atoms with Crippen molar-refractivity contribution < 1.29 is 8.42 Å². The van der Waals surface area contributed by atoms with Gasteiger partial charge < -0.3 is 5.73 Å². The molecule has 0 spiro atoms. The molecular formula is C11H11Br2N3O2S2. The van der Waals surface area contributed by atoms with Crippen LogP contribution in [0, 0.1) is 13.8 Å². The summed E-state index contributed by atoms with van der Waals surface area (Å²) in [7, 11) is -3.75. The highest BCUT2D eigenvalue weighted by Crippen LogP contribution is 2.34. The van der Waals surface area contributed by atoms with Crippen molar-refractivity contribution in [2.45, 2.75) is 18.7 Å². The molecule has 0 aliphatic heterocycles. The standard InChI is InChI=1S/C11H11Br2N3O2S2/c1-5-6(2)19-11(15-5)16-20(17,18)10-8(12)3-7(14)4-9(10)13/h3-4H,14H2,1-2H3,(H,15,16). The Morgan fingerprint density at radius 3 is 2.25 bits per heavy atom. The van der Waals surface area contributed by atoms with Gasteiger partial charge >= 0.3 is 0 Å². The average Bonchev–Trinajstić information content (AvgIpc) is 2.54. The summed E-state index contributed by atoms with van der Waals surface area (Å²) < 4.78 is 28.1. The van der Waals surface area contributed by atoms with Gasteiger partial charge in [-0.05, 0) is 57.8 Å². The molecule has 5 nitrogen and oxygen atoms in total. The zero-order valence-corrected chi connectivity index (χ0v) is 15.4. The van der Waals surface area contributed by atoms with Gasteiger partial charge in [-0.1, -0.05) is 0 Å². The van der Waals surface area contributed by atoms with E-state index in [1.54, 1.807) is 0 Å². The lowest BCUT2D eigenvalue weighted by atomic mass is 10.3. The third-order valence-electron chi connectivity index (χ3n) is 2.54. The Hall–Kier alpha value is -0.640. The summed E-state index contributed by atoms with van der Waals surface area (Å²) in [6.07, 6.45) is 0. The summed E-state index contributed by atoms with van der Waals surface area (Å²) in [5.74, 6) is 0. The van der Waals surface area contributed by atoms with Gasteiger partial charge in [0.1, 0.15) is 4.90 Å². The Balaban J connectivity index is 2.46. The van der Waals surface area contributed by atoms with Crippen LogP contribution in [0.5, 0.6) is 0 Å². The molecule has 3 N–H and O–H groups in total. The van der Waals surface area contributed by atoms with E-state index in [4.69, 9.17) is 5.73 Å². The number of nitrogens with zero attached hydrogens (tertiary/aromatic N) is 1. The first-order chi connectivity index (χ1) is 9.20. The third-order valence-corrected chi connectivity index (χ3v) is 6.87.